The predicted octanol–water partition coefficient (Wildman–Crippen LogP) is 1.58. The molecule has 8 nitrogen and oxygen atoms in total. The zero-order valence-corrected chi connectivity index (χ0v) is 14.7. The molecular weight excluding hydrogens is 344 g/mol. The third-order valence-corrected chi connectivity index (χ3v) is 2.93. The molecule has 0 aromatic heterocycles. The highest BCUT2D eigenvalue weighted by Crippen LogP contribution is 2.28. The lowest BCUT2D eigenvalue weighted by molar-refractivity contribution is -0.136. The number of hydrogen-bond donors (Lipinski definition) is 0. The van der Waals surface area contributed by atoms with Crippen LogP contribution in [0.15, 0.2) is 42.5 Å². The second-order valence-electron chi connectivity index (χ2n) is 4.70. The van der Waals surface area contributed by atoms with Crippen LogP contribution < -0.4 is 9.47 Å². The number of rotatable bonds is 9. The van der Waals surface area contributed by atoms with Crippen LogP contribution in [0.5, 0.6) is 11.5 Å². The molecule has 0 aliphatic heterocycles. The fourth-order valence-electron chi connectivity index (χ4n) is 1.69. The minimum atomic E-state index is -0.745. The van der Waals surface area contributed by atoms with E-state index in [1.54, 1.807) is 18.2 Å². The molecule has 0 aliphatic rings. The summed E-state index contributed by atoms with van der Waals surface area (Å²) in [5, 5.41) is 0. The standard InChI is InChI=1S/C18H20O8/c1-22-15-11-13(12-25-10-4-5-16(19)23-2)6-7-14(15)26-18(21)9-8-17(20)24-3/h4-9,11H,10,12H2,1-3H3/b5-4+,9-8+. The Kier molecular flexibility index (Phi) is 9.19. The average molecular weight is 364 g/mol. The minimum absolute atomic E-state index is 0.196. The van der Waals surface area contributed by atoms with Gasteiger partial charge in [-0.2, -0.15) is 0 Å². The van der Waals surface area contributed by atoms with Gasteiger partial charge in [-0.1, -0.05) is 12.1 Å². The smallest absolute Gasteiger partial charge is 0.336 e. The Labute approximate surface area is 150 Å². The maximum absolute atomic E-state index is 11.7. The van der Waals surface area contributed by atoms with Crippen molar-refractivity contribution < 1.29 is 38.1 Å². The van der Waals surface area contributed by atoms with E-state index >= 15 is 0 Å². The first-order chi connectivity index (χ1) is 12.5. The first-order valence-corrected chi connectivity index (χ1v) is 7.47. The molecule has 0 atom stereocenters. The van der Waals surface area contributed by atoms with E-state index in [4.69, 9.17) is 14.2 Å². The average Bonchev–Trinajstić information content (AvgIpc) is 2.66. The van der Waals surface area contributed by atoms with Crippen LogP contribution in [0.2, 0.25) is 0 Å². The lowest BCUT2D eigenvalue weighted by atomic mass is 10.2. The number of esters is 3. The molecule has 8 heteroatoms. The fourth-order valence-corrected chi connectivity index (χ4v) is 1.69. The molecule has 0 spiro atoms. The van der Waals surface area contributed by atoms with Crippen LogP contribution in [-0.4, -0.2) is 45.8 Å². The zero-order valence-electron chi connectivity index (χ0n) is 14.7. The van der Waals surface area contributed by atoms with Gasteiger partial charge in [0.1, 0.15) is 0 Å². The monoisotopic (exact) mass is 364 g/mol. The van der Waals surface area contributed by atoms with E-state index in [1.807, 2.05) is 0 Å². The van der Waals surface area contributed by atoms with E-state index in [1.165, 1.54) is 33.5 Å². The van der Waals surface area contributed by atoms with Crippen LogP contribution in [0.4, 0.5) is 0 Å². The topological polar surface area (TPSA) is 97.4 Å². The molecule has 26 heavy (non-hydrogen) atoms. The van der Waals surface area contributed by atoms with E-state index < -0.39 is 17.9 Å². The van der Waals surface area contributed by atoms with Gasteiger partial charge in [0.05, 0.1) is 34.5 Å². The normalized spacial score (nSPS) is 10.7. The largest absolute Gasteiger partial charge is 0.493 e. The third kappa shape index (κ3) is 7.63. The molecule has 0 bridgehead atoms. The van der Waals surface area contributed by atoms with Gasteiger partial charge in [-0.3, -0.25) is 0 Å². The van der Waals surface area contributed by atoms with Gasteiger partial charge < -0.3 is 23.7 Å². The summed E-state index contributed by atoms with van der Waals surface area (Å²) in [5.74, 6) is -1.34. The minimum Gasteiger partial charge on any atom is -0.493 e. The fraction of sp³-hybridized carbons (Fsp3) is 0.278. The Balaban J connectivity index is 2.62. The van der Waals surface area contributed by atoms with Crippen molar-refractivity contribution in [2.24, 2.45) is 0 Å². The Morgan fingerprint density at radius 2 is 1.54 bits per heavy atom. The Hall–Kier alpha value is -3.13. The number of carbonyl (C=O) groups is 3. The van der Waals surface area contributed by atoms with Crippen molar-refractivity contribution in [3.8, 4) is 11.5 Å². The second kappa shape index (κ2) is 11.4. The first kappa shape index (κ1) is 20.9. The second-order valence-corrected chi connectivity index (χ2v) is 4.70. The van der Waals surface area contributed by atoms with Crippen molar-refractivity contribution in [1.29, 1.82) is 0 Å². The molecule has 0 radical (unpaired) electrons. The third-order valence-electron chi connectivity index (χ3n) is 2.93. The van der Waals surface area contributed by atoms with E-state index in [0.29, 0.717) is 5.75 Å². The van der Waals surface area contributed by atoms with Crippen molar-refractivity contribution in [1.82, 2.24) is 0 Å². The van der Waals surface area contributed by atoms with Gasteiger partial charge in [-0.05, 0) is 17.7 Å². The number of ether oxygens (including phenoxy) is 5. The molecule has 0 saturated carbocycles. The van der Waals surface area contributed by atoms with Gasteiger partial charge in [0.2, 0.25) is 0 Å². The van der Waals surface area contributed by atoms with Crippen molar-refractivity contribution in [3.05, 3.63) is 48.1 Å². The van der Waals surface area contributed by atoms with Crippen LogP contribution in [0.3, 0.4) is 0 Å². The Morgan fingerprint density at radius 1 is 0.885 bits per heavy atom. The highest BCUT2D eigenvalue weighted by Gasteiger charge is 2.09. The summed E-state index contributed by atoms with van der Waals surface area (Å²) in [6.45, 7) is 0.491. The van der Waals surface area contributed by atoms with E-state index in [2.05, 4.69) is 9.47 Å². The number of methoxy groups -OCH3 is 3. The molecule has 0 fully saturated rings. The highest BCUT2D eigenvalue weighted by molar-refractivity contribution is 5.92. The first-order valence-electron chi connectivity index (χ1n) is 7.47. The number of hydrogen-bond acceptors (Lipinski definition) is 8. The van der Waals surface area contributed by atoms with Crippen LogP contribution in [0, 0.1) is 0 Å². The molecular formula is C18H20O8. The number of benzene rings is 1. The molecule has 140 valence electrons. The van der Waals surface area contributed by atoms with Crippen molar-refractivity contribution in [3.63, 3.8) is 0 Å². The van der Waals surface area contributed by atoms with Crippen molar-refractivity contribution in [2.75, 3.05) is 27.9 Å². The SMILES string of the molecule is COC(=O)/C=C/COCc1ccc(OC(=O)/C=C/C(=O)OC)c(OC)c1. The van der Waals surface area contributed by atoms with E-state index in [-0.39, 0.29) is 19.0 Å². The molecule has 0 saturated heterocycles. The summed E-state index contributed by atoms with van der Waals surface area (Å²) in [5.41, 5.74) is 0.776. The molecule has 0 unspecified atom stereocenters. The predicted molar refractivity (Wildman–Crippen MR) is 90.6 cm³/mol. The van der Waals surface area contributed by atoms with Crippen molar-refractivity contribution >= 4 is 17.9 Å². The summed E-state index contributed by atoms with van der Waals surface area (Å²) >= 11 is 0. The van der Waals surface area contributed by atoms with Gasteiger partial charge >= 0.3 is 17.9 Å². The van der Waals surface area contributed by atoms with E-state index in [9.17, 15) is 14.4 Å². The molecule has 1 aromatic carbocycles. The molecule has 1 rings (SSSR count). The van der Waals surface area contributed by atoms with Crippen LogP contribution >= 0.6 is 0 Å². The molecule has 0 heterocycles. The van der Waals surface area contributed by atoms with Gasteiger partial charge in [0.15, 0.2) is 11.5 Å². The van der Waals surface area contributed by atoms with Crippen LogP contribution in [0.25, 0.3) is 0 Å². The van der Waals surface area contributed by atoms with Gasteiger partial charge in [-0.15, -0.1) is 0 Å². The zero-order chi connectivity index (χ0) is 19.4. The molecule has 0 aliphatic carbocycles. The maximum atomic E-state index is 11.7. The lowest BCUT2D eigenvalue weighted by Crippen LogP contribution is -2.07. The van der Waals surface area contributed by atoms with Crippen LogP contribution in [0.1, 0.15) is 5.56 Å². The molecule has 1 aromatic rings. The Morgan fingerprint density at radius 3 is 2.19 bits per heavy atom. The lowest BCUT2D eigenvalue weighted by Gasteiger charge is -2.10. The van der Waals surface area contributed by atoms with E-state index in [0.717, 1.165) is 17.7 Å². The number of carbonyl (C=O) groups excluding carboxylic acids is 3. The quantitative estimate of drug-likeness (QED) is 0.282. The Bertz CT molecular complexity index is 690. The van der Waals surface area contributed by atoms with Gasteiger partial charge in [0, 0.05) is 18.2 Å². The molecule has 0 N–H and O–H groups in total. The van der Waals surface area contributed by atoms with Gasteiger partial charge in [-0.25, -0.2) is 14.4 Å². The summed E-state index contributed by atoms with van der Waals surface area (Å²) in [6, 6.07) is 4.89. The summed E-state index contributed by atoms with van der Waals surface area (Å²) in [4.78, 5) is 33.5. The van der Waals surface area contributed by atoms with Gasteiger partial charge in [0.25, 0.3) is 0 Å². The summed E-state index contributed by atoms with van der Waals surface area (Å²) in [6.07, 6.45) is 4.71. The summed E-state index contributed by atoms with van der Waals surface area (Å²) in [7, 11) is 3.92. The molecule has 0 amide bonds. The summed E-state index contributed by atoms with van der Waals surface area (Å²) < 4.78 is 24.5. The van der Waals surface area contributed by atoms with Crippen molar-refractivity contribution in [2.45, 2.75) is 6.61 Å². The highest BCUT2D eigenvalue weighted by atomic mass is 16.6. The van der Waals surface area contributed by atoms with Crippen LogP contribution in [-0.2, 0) is 35.2 Å². The maximum Gasteiger partial charge on any atom is 0.336 e.